The van der Waals surface area contributed by atoms with Crippen LogP contribution >= 0.6 is 11.5 Å². The molecule has 1 aromatic carbocycles. The predicted molar refractivity (Wildman–Crippen MR) is 113 cm³/mol. The van der Waals surface area contributed by atoms with E-state index < -0.39 is 11.9 Å². The number of amides is 2. The van der Waals surface area contributed by atoms with Crippen LogP contribution in [0.3, 0.4) is 0 Å². The summed E-state index contributed by atoms with van der Waals surface area (Å²) in [5.41, 5.74) is 0.828. The second kappa shape index (κ2) is 9.82. The van der Waals surface area contributed by atoms with Crippen molar-refractivity contribution in [1.82, 2.24) is 19.8 Å². The van der Waals surface area contributed by atoms with Gasteiger partial charge in [0.2, 0.25) is 0 Å². The first-order valence-corrected chi connectivity index (χ1v) is 11.1. The van der Waals surface area contributed by atoms with Crippen molar-refractivity contribution >= 4 is 23.3 Å². The molecule has 1 aliphatic rings. The van der Waals surface area contributed by atoms with Crippen LogP contribution in [-0.2, 0) is 11.3 Å². The van der Waals surface area contributed by atoms with Crippen molar-refractivity contribution in [2.24, 2.45) is 0 Å². The number of hydrogen-bond donors (Lipinski definition) is 1. The lowest BCUT2D eigenvalue weighted by atomic mass is 9.95. The monoisotopic (exact) mass is 442 g/mol. The van der Waals surface area contributed by atoms with E-state index in [1.807, 2.05) is 0 Å². The Morgan fingerprint density at radius 1 is 1.19 bits per heavy atom. The summed E-state index contributed by atoms with van der Waals surface area (Å²) in [6, 6.07) is 8.27. The van der Waals surface area contributed by atoms with E-state index in [1.165, 1.54) is 35.1 Å². The maximum absolute atomic E-state index is 13.4. The van der Waals surface area contributed by atoms with E-state index in [0.717, 1.165) is 37.2 Å². The zero-order chi connectivity index (χ0) is 21.6. The maximum atomic E-state index is 13.4. The Morgan fingerprint density at radius 2 is 1.97 bits per heavy atom. The average molecular weight is 443 g/mol. The summed E-state index contributed by atoms with van der Waals surface area (Å²) in [6.07, 6.45) is 6.61. The quantitative estimate of drug-likeness (QED) is 0.595. The molecule has 0 radical (unpaired) electrons. The topological polar surface area (TPSA) is 88.3 Å². The van der Waals surface area contributed by atoms with Crippen LogP contribution in [0.15, 0.2) is 52.5 Å². The van der Waals surface area contributed by atoms with Crippen molar-refractivity contribution in [2.75, 3.05) is 0 Å². The third kappa shape index (κ3) is 5.16. The van der Waals surface area contributed by atoms with Crippen LogP contribution in [0.25, 0.3) is 0 Å². The van der Waals surface area contributed by atoms with Crippen LogP contribution in [0.1, 0.15) is 60.0 Å². The Kier molecular flexibility index (Phi) is 6.71. The average Bonchev–Trinajstić information content (AvgIpc) is 3.50. The molecule has 4 rings (SSSR count). The fraction of sp³-hybridized carbons (Fsp3) is 0.364. The Morgan fingerprint density at radius 3 is 2.61 bits per heavy atom. The summed E-state index contributed by atoms with van der Waals surface area (Å²) in [7, 11) is 0. The number of benzene rings is 1. The van der Waals surface area contributed by atoms with Crippen molar-refractivity contribution in [3.05, 3.63) is 70.9 Å². The van der Waals surface area contributed by atoms with E-state index in [2.05, 4.69) is 14.9 Å². The van der Waals surface area contributed by atoms with E-state index >= 15 is 0 Å². The summed E-state index contributed by atoms with van der Waals surface area (Å²) in [5.74, 6) is -0.770. The first-order chi connectivity index (χ1) is 15.1. The second-order valence-corrected chi connectivity index (χ2v) is 8.22. The molecule has 1 aliphatic carbocycles. The molecule has 2 heterocycles. The predicted octanol–water partition coefficient (Wildman–Crippen LogP) is 4.10. The fourth-order valence-corrected chi connectivity index (χ4v) is 4.30. The molecule has 0 saturated heterocycles. The van der Waals surface area contributed by atoms with Crippen LogP contribution in [-0.4, -0.2) is 32.3 Å². The van der Waals surface area contributed by atoms with Crippen molar-refractivity contribution in [2.45, 2.75) is 50.7 Å². The summed E-state index contributed by atoms with van der Waals surface area (Å²) >= 11 is 1.06. The van der Waals surface area contributed by atoms with Crippen LogP contribution < -0.4 is 5.32 Å². The van der Waals surface area contributed by atoms with Gasteiger partial charge in [-0.25, -0.2) is 4.39 Å². The molecule has 2 amide bonds. The largest absolute Gasteiger partial charge is 0.467 e. The van der Waals surface area contributed by atoms with Crippen LogP contribution in [0, 0.1) is 5.82 Å². The van der Waals surface area contributed by atoms with Gasteiger partial charge in [-0.1, -0.05) is 35.9 Å². The summed E-state index contributed by atoms with van der Waals surface area (Å²) in [6.45, 7) is 0.0834. The van der Waals surface area contributed by atoms with Crippen LogP contribution in [0.5, 0.6) is 0 Å². The molecule has 1 N–H and O–H groups in total. The van der Waals surface area contributed by atoms with Crippen molar-refractivity contribution in [1.29, 1.82) is 0 Å². The molecule has 3 aromatic rings. The van der Waals surface area contributed by atoms with Crippen molar-refractivity contribution < 1.29 is 18.4 Å². The molecule has 1 saturated carbocycles. The highest BCUT2D eigenvalue weighted by Crippen LogP contribution is 2.27. The third-order valence-corrected chi connectivity index (χ3v) is 5.94. The van der Waals surface area contributed by atoms with E-state index in [-0.39, 0.29) is 30.0 Å². The maximum Gasteiger partial charge on any atom is 0.276 e. The van der Waals surface area contributed by atoms with Crippen molar-refractivity contribution in [3.63, 3.8) is 0 Å². The van der Waals surface area contributed by atoms with Crippen LogP contribution in [0.4, 0.5) is 4.39 Å². The standard InChI is InChI=1S/C22H23FN4O3S/c23-16-10-8-15(9-11-16)13-27(22(29)18-14-31-26-25-18)20(19-7-4-12-30-19)21(28)24-17-5-2-1-3-6-17/h4,7-12,14,17,20H,1-3,5-6,13H2,(H,24,28)/t20-/m0/s1. The zero-order valence-corrected chi connectivity index (χ0v) is 17.7. The Labute approximate surface area is 183 Å². The molecular formula is C22H23FN4O3S. The Balaban J connectivity index is 1.67. The lowest BCUT2D eigenvalue weighted by Crippen LogP contribution is -2.46. The molecule has 9 heteroatoms. The number of rotatable bonds is 7. The molecule has 7 nitrogen and oxygen atoms in total. The Bertz CT molecular complexity index is 986. The lowest BCUT2D eigenvalue weighted by molar-refractivity contribution is -0.127. The molecule has 0 spiro atoms. The van der Waals surface area contributed by atoms with E-state index in [9.17, 15) is 14.0 Å². The minimum Gasteiger partial charge on any atom is -0.467 e. The Hall–Kier alpha value is -3.07. The molecule has 0 bridgehead atoms. The van der Waals surface area contributed by atoms with Crippen LogP contribution in [0.2, 0.25) is 0 Å². The number of aromatic nitrogens is 2. The minimum atomic E-state index is -0.990. The zero-order valence-electron chi connectivity index (χ0n) is 16.9. The smallest absolute Gasteiger partial charge is 0.276 e. The molecular weight excluding hydrogens is 419 g/mol. The van der Waals surface area contributed by atoms with E-state index in [4.69, 9.17) is 4.42 Å². The SMILES string of the molecule is O=C(NC1CCCCC1)[C@H](c1ccco1)N(Cc1ccc(F)cc1)C(=O)c1csnn1. The molecule has 1 fully saturated rings. The molecule has 1 atom stereocenters. The molecule has 2 aromatic heterocycles. The highest BCUT2D eigenvalue weighted by Gasteiger charge is 2.36. The molecule has 31 heavy (non-hydrogen) atoms. The number of nitrogens with zero attached hydrogens (tertiary/aromatic N) is 3. The van der Waals surface area contributed by atoms with Gasteiger partial charge in [0, 0.05) is 18.0 Å². The van der Waals surface area contributed by atoms with Gasteiger partial charge in [-0.2, -0.15) is 0 Å². The highest BCUT2D eigenvalue weighted by molar-refractivity contribution is 7.03. The highest BCUT2D eigenvalue weighted by atomic mass is 32.1. The van der Waals surface area contributed by atoms with Gasteiger partial charge < -0.3 is 14.6 Å². The minimum absolute atomic E-state index is 0.0717. The molecule has 0 aliphatic heterocycles. The summed E-state index contributed by atoms with van der Waals surface area (Å²) in [5, 5.41) is 8.52. The number of carbonyl (C=O) groups is 2. The van der Waals surface area contributed by atoms with E-state index in [0.29, 0.717) is 11.3 Å². The number of hydrogen-bond acceptors (Lipinski definition) is 6. The first kappa shape index (κ1) is 21.2. The number of nitrogens with one attached hydrogen (secondary N) is 1. The van der Waals surface area contributed by atoms with E-state index in [1.54, 1.807) is 24.3 Å². The van der Waals surface area contributed by atoms with Gasteiger partial charge in [0.25, 0.3) is 11.8 Å². The van der Waals surface area contributed by atoms with Gasteiger partial charge in [0.15, 0.2) is 11.7 Å². The first-order valence-electron chi connectivity index (χ1n) is 10.3. The van der Waals surface area contributed by atoms with Gasteiger partial charge in [-0.3, -0.25) is 9.59 Å². The lowest BCUT2D eigenvalue weighted by Gasteiger charge is -2.31. The fourth-order valence-electron chi connectivity index (χ4n) is 3.87. The summed E-state index contributed by atoms with van der Waals surface area (Å²) < 4.78 is 22.7. The number of carbonyl (C=O) groups excluding carboxylic acids is 2. The van der Waals surface area contributed by atoms with Gasteiger partial charge >= 0.3 is 0 Å². The normalized spacial score (nSPS) is 15.4. The van der Waals surface area contributed by atoms with Gasteiger partial charge in [-0.05, 0) is 54.2 Å². The number of furan rings is 1. The van der Waals surface area contributed by atoms with Gasteiger partial charge in [-0.15, -0.1) is 5.10 Å². The molecule has 162 valence electrons. The molecule has 0 unspecified atom stereocenters. The van der Waals surface area contributed by atoms with Gasteiger partial charge in [0.05, 0.1) is 6.26 Å². The van der Waals surface area contributed by atoms with Crippen molar-refractivity contribution in [3.8, 4) is 0 Å². The number of halogens is 1. The summed E-state index contributed by atoms with van der Waals surface area (Å²) in [4.78, 5) is 28.2. The van der Waals surface area contributed by atoms with Gasteiger partial charge in [0.1, 0.15) is 11.6 Å². The second-order valence-electron chi connectivity index (χ2n) is 7.61. The third-order valence-electron chi connectivity index (χ3n) is 5.43.